The summed E-state index contributed by atoms with van der Waals surface area (Å²) in [7, 11) is 2.07. The number of amides is 3. The normalized spacial score (nSPS) is 26.2. The average molecular weight is 248 g/mol. The van der Waals surface area contributed by atoms with Crippen molar-refractivity contribution in [1.29, 1.82) is 0 Å². The number of carbonyl (C=O) groups excluding carboxylic acids is 2. The van der Waals surface area contributed by atoms with E-state index in [4.69, 9.17) is 11.6 Å². The van der Waals surface area contributed by atoms with Crippen molar-refractivity contribution in [2.45, 2.75) is 31.8 Å². The van der Waals surface area contributed by atoms with Gasteiger partial charge in [0.25, 0.3) is 0 Å². The molecule has 0 radical (unpaired) electrons. The zero-order valence-corrected chi connectivity index (χ0v) is 10.4. The van der Waals surface area contributed by atoms with E-state index in [0.717, 1.165) is 19.4 Å². The van der Waals surface area contributed by atoms with Gasteiger partial charge in [-0.1, -0.05) is 0 Å². The fraction of sp³-hybridized carbons (Fsp3) is 0.800. The Morgan fingerprint density at radius 1 is 1.50 bits per heavy atom. The van der Waals surface area contributed by atoms with E-state index in [2.05, 4.69) is 29.5 Å². The molecule has 0 aromatic heterocycles. The van der Waals surface area contributed by atoms with E-state index >= 15 is 0 Å². The van der Waals surface area contributed by atoms with Crippen molar-refractivity contribution in [2.24, 2.45) is 0 Å². The van der Waals surface area contributed by atoms with Crippen LogP contribution in [0.2, 0.25) is 0 Å². The Balaban J connectivity index is 2.32. The lowest BCUT2D eigenvalue weighted by Gasteiger charge is -2.35. The predicted octanol–water partition coefficient (Wildman–Crippen LogP) is 0.534. The fourth-order valence-electron chi connectivity index (χ4n) is 1.80. The Labute approximate surface area is 101 Å². The summed E-state index contributed by atoms with van der Waals surface area (Å²) in [6, 6.07) is 0.129. The smallest absolute Gasteiger partial charge is 0.321 e. The van der Waals surface area contributed by atoms with Crippen LogP contribution in [0.25, 0.3) is 0 Å². The maximum atomic E-state index is 11.4. The minimum Gasteiger partial charge on any atom is -0.335 e. The standard InChI is InChI=1S/C10H18ClN3O2/c1-7-5-8(3-4-14(7)2)12-10(16)13-9(15)6-11/h7-8H,3-6H2,1-2H3,(H2,12,13,15,16). The number of halogens is 1. The third kappa shape index (κ3) is 3.98. The first-order valence-electron chi connectivity index (χ1n) is 5.39. The minimum atomic E-state index is -0.472. The summed E-state index contributed by atoms with van der Waals surface area (Å²) in [5.74, 6) is -0.669. The number of piperidine rings is 1. The first-order valence-corrected chi connectivity index (χ1v) is 5.93. The maximum Gasteiger partial charge on any atom is 0.321 e. The van der Waals surface area contributed by atoms with Gasteiger partial charge >= 0.3 is 6.03 Å². The molecule has 1 aliphatic heterocycles. The summed E-state index contributed by atoms with van der Waals surface area (Å²) in [6.07, 6.45) is 1.81. The van der Waals surface area contributed by atoms with Crippen LogP contribution in [0.5, 0.6) is 0 Å². The first-order chi connectivity index (χ1) is 7.52. The van der Waals surface area contributed by atoms with Crippen LogP contribution in [0, 0.1) is 0 Å². The summed E-state index contributed by atoms with van der Waals surface area (Å²) in [6.45, 7) is 3.07. The summed E-state index contributed by atoms with van der Waals surface area (Å²) in [5, 5.41) is 4.95. The van der Waals surface area contributed by atoms with Crippen molar-refractivity contribution >= 4 is 23.5 Å². The molecule has 0 saturated carbocycles. The molecule has 1 rings (SSSR count). The molecule has 1 heterocycles. The Morgan fingerprint density at radius 2 is 2.19 bits per heavy atom. The van der Waals surface area contributed by atoms with Crippen molar-refractivity contribution in [1.82, 2.24) is 15.5 Å². The minimum absolute atomic E-state index is 0.134. The monoisotopic (exact) mass is 247 g/mol. The van der Waals surface area contributed by atoms with E-state index in [1.54, 1.807) is 0 Å². The van der Waals surface area contributed by atoms with Gasteiger partial charge in [-0.2, -0.15) is 0 Å². The van der Waals surface area contributed by atoms with E-state index in [-0.39, 0.29) is 11.9 Å². The van der Waals surface area contributed by atoms with Crippen LogP contribution < -0.4 is 10.6 Å². The van der Waals surface area contributed by atoms with Gasteiger partial charge < -0.3 is 10.2 Å². The third-order valence-electron chi connectivity index (χ3n) is 2.92. The van der Waals surface area contributed by atoms with Crippen LogP contribution in [0.15, 0.2) is 0 Å². The quantitative estimate of drug-likeness (QED) is 0.700. The van der Waals surface area contributed by atoms with Crippen molar-refractivity contribution in [3.8, 4) is 0 Å². The van der Waals surface area contributed by atoms with Crippen LogP contribution in [0.4, 0.5) is 4.79 Å². The SMILES string of the molecule is CC1CC(NC(=O)NC(=O)CCl)CCN1C. The van der Waals surface area contributed by atoms with Gasteiger partial charge in [-0.25, -0.2) is 4.79 Å². The van der Waals surface area contributed by atoms with E-state index in [9.17, 15) is 9.59 Å². The molecule has 92 valence electrons. The highest BCUT2D eigenvalue weighted by atomic mass is 35.5. The Bertz CT molecular complexity index is 273. The summed E-state index contributed by atoms with van der Waals surface area (Å²) in [4.78, 5) is 24.5. The van der Waals surface area contributed by atoms with E-state index < -0.39 is 11.9 Å². The molecule has 2 unspecified atom stereocenters. The number of alkyl halides is 1. The topological polar surface area (TPSA) is 61.4 Å². The van der Waals surface area contributed by atoms with Crippen LogP contribution in [-0.4, -0.2) is 48.4 Å². The highest BCUT2D eigenvalue weighted by Gasteiger charge is 2.24. The highest BCUT2D eigenvalue weighted by Crippen LogP contribution is 2.14. The number of hydrogen-bond donors (Lipinski definition) is 2. The van der Waals surface area contributed by atoms with Crippen LogP contribution >= 0.6 is 11.6 Å². The summed E-state index contributed by atoms with van der Waals surface area (Å²) < 4.78 is 0. The van der Waals surface area contributed by atoms with Gasteiger partial charge in [0.2, 0.25) is 5.91 Å². The second-order valence-corrected chi connectivity index (χ2v) is 4.47. The molecule has 0 aromatic rings. The van der Waals surface area contributed by atoms with E-state index in [0.29, 0.717) is 6.04 Å². The van der Waals surface area contributed by atoms with Gasteiger partial charge in [0.05, 0.1) is 0 Å². The molecule has 5 nitrogen and oxygen atoms in total. The second kappa shape index (κ2) is 6.06. The van der Waals surface area contributed by atoms with Gasteiger partial charge in [-0.15, -0.1) is 11.6 Å². The van der Waals surface area contributed by atoms with Gasteiger partial charge in [0.15, 0.2) is 0 Å². The van der Waals surface area contributed by atoms with Gasteiger partial charge in [-0.3, -0.25) is 10.1 Å². The Kier molecular flexibility index (Phi) is 5.02. The second-order valence-electron chi connectivity index (χ2n) is 4.21. The van der Waals surface area contributed by atoms with Gasteiger partial charge in [0, 0.05) is 18.6 Å². The Hall–Kier alpha value is -0.810. The van der Waals surface area contributed by atoms with Crippen molar-refractivity contribution in [3.05, 3.63) is 0 Å². The number of rotatable bonds is 2. The predicted molar refractivity (Wildman–Crippen MR) is 62.5 cm³/mol. The number of hydrogen-bond acceptors (Lipinski definition) is 3. The van der Waals surface area contributed by atoms with E-state index in [1.165, 1.54) is 0 Å². The molecule has 0 spiro atoms. The van der Waals surface area contributed by atoms with Crippen molar-refractivity contribution in [2.75, 3.05) is 19.5 Å². The van der Waals surface area contributed by atoms with Crippen molar-refractivity contribution in [3.63, 3.8) is 0 Å². The molecule has 16 heavy (non-hydrogen) atoms. The lowest BCUT2D eigenvalue weighted by Crippen LogP contribution is -2.51. The van der Waals surface area contributed by atoms with Gasteiger partial charge in [0.1, 0.15) is 5.88 Å². The molecule has 3 amide bonds. The largest absolute Gasteiger partial charge is 0.335 e. The highest BCUT2D eigenvalue weighted by molar-refractivity contribution is 6.28. The molecule has 0 aromatic carbocycles. The molecule has 0 bridgehead atoms. The van der Waals surface area contributed by atoms with Crippen LogP contribution in [0.1, 0.15) is 19.8 Å². The molecule has 2 N–H and O–H groups in total. The maximum absolute atomic E-state index is 11.4. The van der Waals surface area contributed by atoms with Crippen LogP contribution in [-0.2, 0) is 4.79 Å². The third-order valence-corrected chi connectivity index (χ3v) is 3.16. The van der Waals surface area contributed by atoms with Crippen LogP contribution in [0.3, 0.4) is 0 Å². The molecule has 6 heteroatoms. The van der Waals surface area contributed by atoms with Crippen molar-refractivity contribution < 1.29 is 9.59 Å². The summed E-state index contributed by atoms with van der Waals surface area (Å²) in [5.41, 5.74) is 0. The molecular formula is C10H18ClN3O2. The molecule has 2 atom stereocenters. The number of nitrogens with one attached hydrogen (secondary N) is 2. The fourth-order valence-corrected chi connectivity index (χ4v) is 1.87. The average Bonchev–Trinajstić information content (AvgIpc) is 2.23. The van der Waals surface area contributed by atoms with Gasteiger partial charge in [-0.05, 0) is 26.8 Å². The van der Waals surface area contributed by atoms with E-state index in [1.807, 2.05) is 0 Å². The molecule has 1 aliphatic rings. The molecule has 1 saturated heterocycles. The number of urea groups is 1. The molecule has 0 aliphatic carbocycles. The number of likely N-dealkylation sites (tertiary alicyclic amines) is 1. The Morgan fingerprint density at radius 3 is 2.75 bits per heavy atom. The molecule has 1 fully saturated rings. The number of carbonyl (C=O) groups is 2. The first kappa shape index (κ1) is 13.3. The summed E-state index contributed by atoms with van der Waals surface area (Å²) >= 11 is 5.28. The lowest BCUT2D eigenvalue weighted by molar-refractivity contribution is -0.117. The number of nitrogens with zero attached hydrogens (tertiary/aromatic N) is 1. The zero-order valence-electron chi connectivity index (χ0n) is 9.62. The molecular weight excluding hydrogens is 230 g/mol. The lowest BCUT2D eigenvalue weighted by atomic mass is 9.99. The number of imide groups is 1. The zero-order chi connectivity index (χ0) is 12.1.